The van der Waals surface area contributed by atoms with Gasteiger partial charge in [0, 0.05) is 18.0 Å². The van der Waals surface area contributed by atoms with Crippen molar-refractivity contribution in [2.45, 2.75) is 13.5 Å². The van der Waals surface area contributed by atoms with Crippen LogP contribution >= 0.6 is 23.2 Å². The van der Waals surface area contributed by atoms with Crippen LogP contribution in [0.3, 0.4) is 0 Å². The first-order chi connectivity index (χ1) is 13.0. The molecule has 136 valence electrons. The Morgan fingerprint density at radius 1 is 1.30 bits per heavy atom. The minimum absolute atomic E-state index is 0.0421. The average molecular weight is 402 g/mol. The Balaban J connectivity index is 1.65. The van der Waals surface area contributed by atoms with Crippen LogP contribution < -0.4 is 5.32 Å². The summed E-state index contributed by atoms with van der Waals surface area (Å²) in [6.07, 6.45) is 4.68. The molecule has 0 unspecified atom stereocenters. The zero-order valence-corrected chi connectivity index (χ0v) is 15.6. The molecule has 27 heavy (non-hydrogen) atoms. The summed E-state index contributed by atoms with van der Waals surface area (Å²) >= 11 is 11.9. The molecule has 0 aliphatic rings. The summed E-state index contributed by atoms with van der Waals surface area (Å²) in [5.74, 6) is 0.622. The first-order valence-electron chi connectivity index (χ1n) is 8.00. The molecule has 4 aromatic heterocycles. The summed E-state index contributed by atoms with van der Waals surface area (Å²) in [6.45, 7) is 1.82. The Morgan fingerprint density at radius 3 is 2.89 bits per heavy atom. The third kappa shape index (κ3) is 3.39. The van der Waals surface area contributed by atoms with Gasteiger partial charge in [0.05, 0.1) is 27.4 Å². The van der Waals surface area contributed by atoms with Gasteiger partial charge in [0.25, 0.3) is 0 Å². The van der Waals surface area contributed by atoms with Gasteiger partial charge in [0.2, 0.25) is 5.91 Å². The number of carbonyl (C=O) groups excluding carboxylic acids is 1. The van der Waals surface area contributed by atoms with Gasteiger partial charge in [-0.1, -0.05) is 23.2 Å². The Kier molecular flexibility index (Phi) is 4.55. The van der Waals surface area contributed by atoms with E-state index >= 15 is 0 Å². The minimum Gasteiger partial charge on any atom is -0.464 e. The smallest absolute Gasteiger partial charge is 0.247 e. The SMILES string of the molecule is Cc1nn(CC(=O)Nc2ncc(Cl)cc2Cl)c2nccc(-c3ccco3)c12. The summed E-state index contributed by atoms with van der Waals surface area (Å²) in [7, 11) is 0. The Hall–Kier alpha value is -2.90. The fraction of sp³-hybridized carbons (Fsp3) is 0.111. The minimum atomic E-state index is -0.332. The van der Waals surface area contributed by atoms with Crippen molar-refractivity contribution in [2.75, 3.05) is 5.32 Å². The van der Waals surface area contributed by atoms with Crippen molar-refractivity contribution >= 4 is 46.0 Å². The van der Waals surface area contributed by atoms with Crippen LogP contribution in [0.1, 0.15) is 5.69 Å². The summed E-state index contributed by atoms with van der Waals surface area (Å²) in [4.78, 5) is 20.8. The second-order valence-electron chi connectivity index (χ2n) is 5.81. The number of carbonyl (C=O) groups is 1. The molecule has 0 saturated heterocycles. The van der Waals surface area contributed by atoms with Gasteiger partial charge in [0.15, 0.2) is 11.5 Å². The van der Waals surface area contributed by atoms with Crippen molar-refractivity contribution in [1.82, 2.24) is 19.7 Å². The molecule has 9 heteroatoms. The van der Waals surface area contributed by atoms with E-state index in [1.807, 2.05) is 25.1 Å². The van der Waals surface area contributed by atoms with Crippen LogP contribution in [0.25, 0.3) is 22.4 Å². The van der Waals surface area contributed by atoms with Crippen molar-refractivity contribution in [3.63, 3.8) is 0 Å². The van der Waals surface area contributed by atoms with E-state index in [0.717, 1.165) is 16.6 Å². The maximum absolute atomic E-state index is 12.4. The normalized spacial score (nSPS) is 11.1. The number of halogens is 2. The Morgan fingerprint density at radius 2 is 2.15 bits per heavy atom. The zero-order valence-electron chi connectivity index (χ0n) is 14.1. The van der Waals surface area contributed by atoms with Crippen molar-refractivity contribution in [2.24, 2.45) is 0 Å². The van der Waals surface area contributed by atoms with Crippen LogP contribution in [0.2, 0.25) is 10.0 Å². The highest BCUT2D eigenvalue weighted by atomic mass is 35.5. The predicted molar refractivity (Wildman–Crippen MR) is 103 cm³/mol. The number of amides is 1. The molecule has 0 aliphatic carbocycles. The molecule has 1 N–H and O–H groups in total. The fourth-order valence-electron chi connectivity index (χ4n) is 2.84. The third-order valence-electron chi connectivity index (χ3n) is 3.95. The standard InChI is InChI=1S/C18H13Cl2N5O2/c1-10-16-12(14-3-2-6-27-14)4-5-21-18(16)25(24-10)9-15(26)23-17-13(20)7-11(19)8-22-17/h2-8H,9H2,1H3,(H,22,23,26). The van der Waals surface area contributed by atoms with E-state index in [0.29, 0.717) is 16.4 Å². The maximum atomic E-state index is 12.4. The van der Waals surface area contributed by atoms with Crippen LogP contribution in [0, 0.1) is 6.92 Å². The van der Waals surface area contributed by atoms with Crippen molar-refractivity contribution in [3.05, 3.63) is 58.7 Å². The van der Waals surface area contributed by atoms with E-state index in [-0.39, 0.29) is 23.3 Å². The van der Waals surface area contributed by atoms with E-state index in [9.17, 15) is 4.79 Å². The number of furan rings is 1. The lowest BCUT2D eigenvalue weighted by atomic mass is 10.1. The number of anilines is 1. The van der Waals surface area contributed by atoms with Gasteiger partial charge in [0.1, 0.15) is 12.3 Å². The van der Waals surface area contributed by atoms with Gasteiger partial charge in [-0.05, 0) is 31.2 Å². The number of aryl methyl sites for hydroxylation is 1. The summed E-state index contributed by atoms with van der Waals surface area (Å²) < 4.78 is 7.03. The number of rotatable bonds is 4. The molecule has 0 bridgehead atoms. The first-order valence-corrected chi connectivity index (χ1v) is 8.75. The van der Waals surface area contributed by atoms with Crippen LogP contribution in [0.5, 0.6) is 0 Å². The van der Waals surface area contributed by atoms with E-state index < -0.39 is 0 Å². The topological polar surface area (TPSA) is 85.8 Å². The van der Waals surface area contributed by atoms with Gasteiger partial charge in [-0.3, -0.25) is 4.79 Å². The van der Waals surface area contributed by atoms with E-state index in [4.69, 9.17) is 27.6 Å². The summed E-state index contributed by atoms with van der Waals surface area (Å²) in [6, 6.07) is 7.05. The second kappa shape index (κ2) is 7.02. The summed E-state index contributed by atoms with van der Waals surface area (Å²) in [5, 5.41) is 8.60. The molecule has 4 heterocycles. The van der Waals surface area contributed by atoms with E-state index in [2.05, 4.69) is 20.4 Å². The molecule has 0 aliphatic heterocycles. The van der Waals surface area contributed by atoms with Gasteiger partial charge < -0.3 is 9.73 Å². The lowest BCUT2D eigenvalue weighted by molar-refractivity contribution is -0.116. The lowest BCUT2D eigenvalue weighted by Gasteiger charge is -2.07. The maximum Gasteiger partial charge on any atom is 0.247 e. The van der Waals surface area contributed by atoms with Crippen molar-refractivity contribution in [3.8, 4) is 11.3 Å². The Labute approximate surface area is 163 Å². The molecule has 0 saturated carbocycles. The predicted octanol–water partition coefficient (Wildman–Crippen LogP) is 4.34. The first kappa shape index (κ1) is 17.5. The molecule has 4 rings (SSSR count). The molecule has 0 aromatic carbocycles. The van der Waals surface area contributed by atoms with Gasteiger partial charge in [-0.25, -0.2) is 14.6 Å². The highest BCUT2D eigenvalue weighted by Gasteiger charge is 2.17. The molecular formula is C18H13Cl2N5O2. The molecule has 4 aromatic rings. The highest BCUT2D eigenvalue weighted by Crippen LogP contribution is 2.30. The molecule has 0 fully saturated rings. The molecule has 0 spiro atoms. The second-order valence-corrected chi connectivity index (χ2v) is 6.65. The van der Waals surface area contributed by atoms with Gasteiger partial charge in [-0.2, -0.15) is 5.10 Å². The number of hydrogen-bond acceptors (Lipinski definition) is 5. The third-order valence-corrected chi connectivity index (χ3v) is 4.45. The number of fused-ring (bicyclic) bond motifs is 1. The quantitative estimate of drug-likeness (QED) is 0.549. The molecule has 0 atom stereocenters. The van der Waals surface area contributed by atoms with Crippen LogP contribution in [0.4, 0.5) is 5.82 Å². The fourth-order valence-corrected chi connectivity index (χ4v) is 3.27. The Bertz CT molecular complexity index is 1140. The van der Waals surface area contributed by atoms with Crippen LogP contribution in [-0.2, 0) is 11.3 Å². The molecule has 0 radical (unpaired) electrons. The highest BCUT2D eigenvalue weighted by molar-refractivity contribution is 6.36. The van der Waals surface area contributed by atoms with Crippen LogP contribution in [-0.4, -0.2) is 25.7 Å². The van der Waals surface area contributed by atoms with E-state index in [1.165, 1.54) is 16.9 Å². The molecule has 7 nitrogen and oxygen atoms in total. The average Bonchev–Trinajstić information content (AvgIpc) is 3.27. The zero-order chi connectivity index (χ0) is 19.0. The number of nitrogens with one attached hydrogen (secondary N) is 1. The van der Waals surface area contributed by atoms with Crippen molar-refractivity contribution in [1.29, 1.82) is 0 Å². The number of nitrogens with zero attached hydrogens (tertiary/aromatic N) is 4. The number of pyridine rings is 2. The number of aromatic nitrogens is 4. The van der Waals surface area contributed by atoms with E-state index in [1.54, 1.807) is 12.5 Å². The lowest BCUT2D eigenvalue weighted by Crippen LogP contribution is -2.20. The van der Waals surface area contributed by atoms with Crippen LogP contribution in [0.15, 0.2) is 47.3 Å². The monoisotopic (exact) mass is 401 g/mol. The van der Waals surface area contributed by atoms with Gasteiger partial charge in [-0.15, -0.1) is 0 Å². The molecule has 1 amide bonds. The number of hydrogen-bond donors (Lipinski definition) is 1. The van der Waals surface area contributed by atoms with Crippen molar-refractivity contribution < 1.29 is 9.21 Å². The van der Waals surface area contributed by atoms with Gasteiger partial charge >= 0.3 is 0 Å². The largest absolute Gasteiger partial charge is 0.464 e. The molecular weight excluding hydrogens is 389 g/mol. The summed E-state index contributed by atoms with van der Waals surface area (Å²) in [5.41, 5.74) is 2.21.